The zero-order valence-electron chi connectivity index (χ0n) is 13.5. The summed E-state index contributed by atoms with van der Waals surface area (Å²) in [6, 6.07) is 8.19. The molecule has 0 spiro atoms. The predicted molar refractivity (Wildman–Crippen MR) is 88.5 cm³/mol. The van der Waals surface area contributed by atoms with Gasteiger partial charge in [0.1, 0.15) is 6.07 Å². The van der Waals surface area contributed by atoms with Gasteiger partial charge in [0, 0.05) is 32.1 Å². The van der Waals surface area contributed by atoms with Gasteiger partial charge in [-0.15, -0.1) is 0 Å². The average Bonchev–Trinajstić information content (AvgIpc) is 3.15. The Hall–Kier alpha value is -1.91. The second-order valence-electron chi connectivity index (χ2n) is 6.32. The summed E-state index contributed by atoms with van der Waals surface area (Å²) in [5, 5.41) is 9.13. The van der Waals surface area contributed by atoms with Crippen molar-refractivity contribution >= 4 is 15.9 Å². The van der Waals surface area contributed by atoms with E-state index in [2.05, 4.69) is 0 Å². The van der Waals surface area contributed by atoms with Gasteiger partial charge >= 0.3 is 0 Å². The summed E-state index contributed by atoms with van der Waals surface area (Å²) >= 11 is 0. The fourth-order valence-corrected chi connectivity index (χ4v) is 5.07. The van der Waals surface area contributed by atoms with Crippen LogP contribution >= 0.6 is 0 Å². The van der Waals surface area contributed by atoms with E-state index in [1.165, 1.54) is 16.4 Å². The van der Waals surface area contributed by atoms with Crippen LogP contribution in [0.2, 0.25) is 0 Å². The van der Waals surface area contributed by atoms with E-state index in [1.54, 1.807) is 12.1 Å². The molecule has 0 aromatic heterocycles. The van der Waals surface area contributed by atoms with E-state index < -0.39 is 10.0 Å². The molecule has 0 saturated carbocycles. The van der Waals surface area contributed by atoms with Crippen LogP contribution in [0.3, 0.4) is 0 Å². The number of carbonyl (C=O) groups excluding carboxylic acids is 1. The van der Waals surface area contributed by atoms with Crippen molar-refractivity contribution in [3.63, 3.8) is 0 Å². The summed E-state index contributed by atoms with van der Waals surface area (Å²) in [4.78, 5) is 14.4. The van der Waals surface area contributed by atoms with Crippen molar-refractivity contribution in [2.24, 2.45) is 5.92 Å². The number of nitriles is 1. The van der Waals surface area contributed by atoms with Crippen molar-refractivity contribution in [1.82, 2.24) is 9.21 Å². The van der Waals surface area contributed by atoms with Gasteiger partial charge in [0.25, 0.3) is 0 Å². The van der Waals surface area contributed by atoms with E-state index >= 15 is 0 Å². The zero-order valence-corrected chi connectivity index (χ0v) is 14.3. The van der Waals surface area contributed by atoms with Crippen molar-refractivity contribution in [1.29, 1.82) is 5.26 Å². The molecule has 0 atom stereocenters. The highest BCUT2D eigenvalue weighted by Crippen LogP contribution is 2.27. The number of rotatable bonds is 3. The Labute approximate surface area is 142 Å². The number of sulfonamides is 1. The van der Waals surface area contributed by atoms with Crippen LogP contribution in [0.1, 0.15) is 31.2 Å². The third kappa shape index (κ3) is 3.17. The van der Waals surface area contributed by atoms with Crippen molar-refractivity contribution in [2.45, 2.75) is 30.6 Å². The molecule has 0 radical (unpaired) electrons. The van der Waals surface area contributed by atoms with Gasteiger partial charge < -0.3 is 4.90 Å². The number of benzene rings is 1. The van der Waals surface area contributed by atoms with Gasteiger partial charge in [-0.3, -0.25) is 4.79 Å². The van der Waals surface area contributed by atoms with Gasteiger partial charge in [0.05, 0.1) is 10.5 Å². The summed E-state index contributed by atoms with van der Waals surface area (Å²) < 4.78 is 27.0. The fourth-order valence-electron chi connectivity index (χ4n) is 3.46. The van der Waals surface area contributed by atoms with Crippen molar-refractivity contribution < 1.29 is 13.2 Å². The highest BCUT2D eigenvalue weighted by Gasteiger charge is 2.35. The van der Waals surface area contributed by atoms with Gasteiger partial charge in [-0.25, -0.2) is 8.42 Å². The third-order valence-corrected chi connectivity index (χ3v) is 6.80. The van der Waals surface area contributed by atoms with Crippen LogP contribution in [0.15, 0.2) is 29.2 Å². The monoisotopic (exact) mass is 347 g/mol. The Morgan fingerprint density at radius 2 is 1.71 bits per heavy atom. The SMILES string of the molecule is N#Cc1ccccc1S(=O)(=O)N1CCC(C(=O)N2CCCC2)CC1. The minimum absolute atomic E-state index is 0.0526. The number of hydrogen-bond acceptors (Lipinski definition) is 4. The van der Waals surface area contributed by atoms with E-state index in [-0.39, 0.29) is 22.3 Å². The molecule has 2 aliphatic heterocycles. The Morgan fingerprint density at radius 3 is 2.33 bits per heavy atom. The lowest BCUT2D eigenvalue weighted by atomic mass is 9.97. The standard InChI is InChI=1S/C17H21N3O3S/c18-13-15-5-1-2-6-16(15)24(22,23)20-11-7-14(8-12-20)17(21)19-9-3-4-10-19/h1-2,5-6,14H,3-4,7-12H2. The Balaban J connectivity index is 1.70. The molecule has 0 aliphatic carbocycles. The molecule has 7 heteroatoms. The molecule has 2 aliphatic rings. The van der Waals surface area contributed by atoms with E-state index in [9.17, 15) is 13.2 Å². The lowest BCUT2D eigenvalue weighted by Crippen LogP contribution is -2.43. The molecule has 2 heterocycles. The number of piperidine rings is 1. The van der Waals surface area contributed by atoms with Crippen molar-refractivity contribution in [3.8, 4) is 6.07 Å². The molecule has 1 amide bonds. The van der Waals surface area contributed by atoms with E-state index in [4.69, 9.17) is 5.26 Å². The van der Waals surface area contributed by atoms with Crippen molar-refractivity contribution in [3.05, 3.63) is 29.8 Å². The lowest BCUT2D eigenvalue weighted by Gasteiger charge is -2.32. The second-order valence-corrected chi connectivity index (χ2v) is 8.23. The fraction of sp³-hybridized carbons (Fsp3) is 0.529. The first-order valence-corrected chi connectivity index (χ1v) is 9.76. The quantitative estimate of drug-likeness (QED) is 0.831. The number of amides is 1. The van der Waals surface area contributed by atoms with Gasteiger partial charge in [0.2, 0.25) is 15.9 Å². The number of carbonyl (C=O) groups is 1. The molecule has 2 fully saturated rings. The largest absolute Gasteiger partial charge is 0.342 e. The molecule has 6 nitrogen and oxygen atoms in total. The van der Waals surface area contributed by atoms with Crippen molar-refractivity contribution in [2.75, 3.05) is 26.2 Å². The zero-order chi connectivity index (χ0) is 17.2. The molecule has 24 heavy (non-hydrogen) atoms. The third-order valence-electron chi connectivity index (χ3n) is 4.85. The molecule has 0 unspecified atom stereocenters. The minimum Gasteiger partial charge on any atom is -0.342 e. The summed E-state index contributed by atoms with van der Waals surface area (Å²) in [6.45, 7) is 2.30. The lowest BCUT2D eigenvalue weighted by molar-refractivity contribution is -0.135. The maximum Gasteiger partial charge on any atom is 0.244 e. The average molecular weight is 347 g/mol. The number of hydrogen-bond donors (Lipinski definition) is 0. The molecule has 1 aromatic carbocycles. The summed E-state index contributed by atoms with van der Waals surface area (Å²) in [5.41, 5.74) is 0.160. The molecular formula is C17H21N3O3S. The number of nitrogens with zero attached hydrogens (tertiary/aromatic N) is 3. The smallest absolute Gasteiger partial charge is 0.244 e. The minimum atomic E-state index is -3.69. The second kappa shape index (κ2) is 6.91. The van der Waals surface area contributed by atoms with Crippen LogP contribution in [-0.2, 0) is 14.8 Å². The molecule has 0 bridgehead atoms. The van der Waals surface area contributed by atoms with Crippen LogP contribution in [0, 0.1) is 17.2 Å². The molecule has 1 aromatic rings. The summed E-state index contributed by atoms with van der Waals surface area (Å²) in [6.07, 6.45) is 3.21. The highest BCUT2D eigenvalue weighted by molar-refractivity contribution is 7.89. The van der Waals surface area contributed by atoms with E-state index in [0.717, 1.165) is 25.9 Å². The van der Waals surface area contributed by atoms with Gasteiger partial charge in [-0.1, -0.05) is 12.1 Å². The molecule has 128 valence electrons. The topological polar surface area (TPSA) is 81.5 Å². The maximum atomic E-state index is 12.8. The van der Waals surface area contributed by atoms with Crippen LogP contribution in [0.25, 0.3) is 0 Å². The Morgan fingerprint density at radius 1 is 1.08 bits per heavy atom. The van der Waals surface area contributed by atoms with Crippen LogP contribution in [0.5, 0.6) is 0 Å². The summed E-state index contributed by atoms with van der Waals surface area (Å²) in [5.74, 6) is 0.0859. The van der Waals surface area contributed by atoms with Gasteiger partial charge in [-0.05, 0) is 37.8 Å². The predicted octanol–water partition coefficient (Wildman–Crippen LogP) is 1.58. The Kier molecular flexibility index (Phi) is 4.88. The normalized spacial score (nSPS) is 20.0. The molecule has 2 saturated heterocycles. The molecule has 3 rings (SSSR count). The van der Waals surface area contributed by atoms with Crippen LogP contribution in [-0.4, -0.2) is 49.7 Å². The summed E-state index contributed by atoms with van der Waals surface area (Å²) in [7, 11) is -3.69. The highest BCUT2D eigenvalue weighted by atomic mass is 32.2. The van der Waals surface area contributed by atoms with Crippen LogP contribution < -0.4 is 0 Å². The van der Waals surface area contributed by atoms with E-state index in [0.29, 0.717) is 25.9 Å². The maximum absolute atomic E-state index is 12.8. The van der Waals surface area contributed by atoms with Crippen LogP contribution in [0.4, 0.5) is 0 Å². The number of likely N-dealkylation sites (tertiary alicyclic amines) is 1. The Bertz CT molecular complexity index is 756. The first-order chi connectivity index (χ1) is 11.5. The van der Waals surface area contributed by atoms with Gasteiger partial charge in [-0.2, -0.15) is 9.57 Å². The van der Waals surface area contributed by atoms with E-state index in [1.807, 2.05) is 11.0 Å². The molecule has 0 N–H and O–H groups in total. The first-order valence-electron chi connectivity index (χ1n) is 8.32. The first kappa shape index (κ1) is 16.9. The van der Waals surface area contributed by atoms with Gasteiger partial charge in [0.15, 0.2) is 0 Å². The molecular weight excluding hydrogens is 326 g/mol.